The molecule has 0 atom stereocenters. The third-order valence-electron chi connectivity index (χ3n) is 11.2. The minimum atomic E-state index is 0.841. The molecule has 0 aliphatic heterocycles. The van der Waals surface area contributed by atoms with Gasteiger partial charge in [-0.25, -0.2) is 0 Å². The van der Waals surface area contributed by atoms with Crippen molar-refractivity contribution in [2.75, 3.05) is 4.90 Å². The van der Waals surface area contributed by atoms with E-state index in [9.17, 15) is 0 Å². The lowest BCUT2D eigenvalue weighted by molar-refractivity contribution is 0.669. The summed E-state index contributed by atoms with van der Waals surface area (Å²) in [5.41, 5.74) is 15.3. The molecule has 57 heavy (non-hydrogen) atoms. The number of furan rings is 1. The molecule has 0 saturated heterocycles. The van der Waals surface area contributed by atoms with Crippen LogP contribution >= 0.6 is 0 Å². The van der Waals surface area contributed by atoms with Crippen molar-refractivity contribution in [3.8, 4) is 39.1 Å². The summed E-state index contributed by atoms with van der Waals surface area (Å²) in [6, 6.07) is 77.9. The molecule has 0 bridgehead atoms. The first-order valence-corrected chi connectivity index (χ1v) is 19.4. The van der Waals surface area contributed by atoms with E-state index in [0.717, 1.165) is 55.7 Å². The summed E-state index contributed by atoms with van der Waals surface area (Å²) in [5.74, 6) is 0. The zero-order valence-electron chi connectivity index (χ0n) is 31.1. The molecule has 3 heteroatoms. The maximum atomic E-state index is 7.01. The van der Waals surface area contributed by atoms with Crippen LogP contribution in [0.4, 0.5) is 17.1 Å². The fourth-order valence-corrected chi connectivity index (χ4v) is 8.48. The molecule has 2 heterocycles. The highest BCUT2D eigenvalue weighted by atomic mass is 16.3. The van der Waals surface area contributed by atoms with Gasteiger partial charge in [0.15, 0.2) is 5.58 Å². The van der Waals surface area contributed by atoms with Crippen LogP contribution in [0.25, 0.3) is 82.8 Å². The molecule has 11 aromatic rings. The zero-order chi connectivity index (χ0) is 37.7. The Kier molecular flexibility index (Phi) is 7.82. The van der Waals surface area contributed by atoms with Crippen LogP contribution in [0.2, 0.25) is 0 Å². The monoisotopic (exact) mass is 728 g/mol. The van der Waals surface area contributed by atoms with Crippen molar-refractivity contribution >= 4 is 60.8 Å². The van der Waals surface area contributed by atoms with Crippen molar-refractivity contribution in [1.29, 1.82) is 0 Å². The molecule has 0 spiro atoms. The molecule has 0 amide bonds. The van der Waals surface area contributed by atoms with E-state index in [1.165, 1.54) is 44.2 Å². The number of aromatic nitrogens is 1. The van der Waals surface area contributed by atoms with Gasteiger partial charge in [-0.15, -0.1) is 0 Å². The van der Waals surface area contributed by atoms with E-state index in [1.54, 1.807) is 0 Å². The second-order valence-corrected chi connectivity index (χ2v) is 14.5. The molecule has 0 fully saturated rings. The highest BCUT2D eigenvalue weighted by molar-refractivity contribution is 6.27. The van der Waals surface area contributed by atoms with Gasteiger partial charge in [0.1, 0.15) is 5.58 Å². The fourth-order valence-electron chi connectivity index (χ4n) is 8.48. The average molecular weight is 729 g/mol. The van der Waals surface area contributed by atoms with E-state index >= 15 is 0 Å². The van der Waals surface area contributed by atoms with Gasteiger partial charge in [-0.2, -0.15) is 0 Å². The Morgan fingerprint density at radius 1 is 0.368 bits per heavy atom. The number of fused-ring (bicyclic) bond motifs is 7. The van der Waals surface area contributed by atoms with Crippen molar-refractivity contribution < 1.29 is 4.42 Å². The summed E-state index contributed by atoms with van der Waals surface area (Å²) < 4.78 is 9.43. The maximum Gasteiger partial charge on any atom is 0.161 e. The van der Waals surface area contributed by atoms with Gasteiger partial charge in [0, 0.05) is 33.2 Å². The predicted octanol–water partition coefficient (Wildman–Crippen LogP) is 15.2. The van der Waals surface area contributed by atoms with Crippen LogP contribution < -0.4 is 4.90 Å². The minimum absolute atomic E-state index is 0.841. The Morgan fingerprint density at radius 2 is 0.807 bits per heavy atom. The zero-order valence-corrected chi connectivity index (χ0v) is 31.1. The van der Waals surface area contributed by atoms with E-state index in [0.29, 0.717) is 0 Å². The number of benzene rings is 9. The highest BCUT2D eigenvalue weighted by Gasteiger charge is 2.26. The van der Waals surface area contributed by atoms with Gasteiger partial charge < -0.3 is 13.9 Å². The third-order valence-corrected chi connectivity index (χ3v) is 11.2. The Balaban J connectivity index is 1.18. The van der Waals surface area contributed by atoms with Crippen LogP contribution in [0.3, 0.4) is 0 Å². The lowest BCUT2D eigenvalue weighted by Crippen LogP contribution is -2.10. The van der Waals surface area contributed by atoms with Gasteiger partial charge >= 0.3 is 0 Å². The lowest BCUT2D eigenvalue weighted by atomic mass is 10.0. The molecule has 0 N–H and O–H groups in total. The van der Waals surface area contributed by atoms with Crippen LogP contribution in [-0.2, 0) is 0 Å². The molecular weight excluding hydrogens is 693 g/mol. The number of hydrogen-bond donors (Lipinski definition) is 0. The molecule has 11 rings (SSSR count). The first-order chi connectivity index (χ1) is 28.3. The topological polar surface area (TPSA) is 21.3 Å². The van der Waals surface area contributed by atoms with Crippen molar-refractivity contribution in [2.24, 2.45) is 0 Å². The van der Waals surface area contributed by atoms with E-state index in [4.69, 9.17) is 4.42 Å². The molecule has 0 unspecified atom stereocenters. The van der Waals surface area contributed by atoms with Gasteiger partial charge in [0.05, 0.1) is 22.1 Å². The predicted molar refractivity (Wildman–Crippen MR) is 239 cm³/mol. The standard InChI is InChI=1S/C54H36N2O/c1-4-14-37(15-5-1)40-24-30-43(31-25-40)55(44-32-26-41(27-33-44)38-16-6-2-7-17-38)50-36-48-46-20-10-12-22-49(46)56(45-34-28-42(29-35-45)39-18-8-3-9-19-39)53(48)52-47-21-11-13-23-51(47)57-54(50)52/h1-36H. The van der Waals surface area contributed by atoms with Crippen LogP contribution in [0.5, 0.6) is 0 Å². The van der Waals surface area contributed by atoms with Crippen molar-refractivity contribution in [2.45, 2.75) is 0 Å². The maximum absolute atomic E-state index is 7.01. The van der Waals surface area contributed by atoms with Gasteiger partial charge in [0.2, 0.25) is 0 Å². The van der Waals surface area contributed by atoms with Crippen molar-refractivity contribution in [3.05, 3.63) is 218 Å². The van der Waals surface area contributed by atoms with E-state index in [1.807, 2.05) is 0 Å². The lowest BCUT2D eigenvalue weighted by Gasteiger charge is -2.26. The first-order valence-electron chi connectivity index (χ1n) is 19.4. The number of rotatable bonds is 7. The molecule has 268 valence electrons. The summed E-state index contributed by atoms with van der Waals surface area (Å²) in [7, 11) is 0. The van der Waals surface area contributed by atoms with Crippen LogP contribution in [-0.4, -0.2) is 4.57 Å². The van der Waals surface area contributed by atoms with Crippen LogP contribution in [0.1, 0.15) is 0 Å². The first kappa shape index (κ1) is 32.8. The Labute approximate surface area is 330 Å². The van der Waals surface area contributed by atoms with Gasteiger partial charge in [0.25, 0.3) is 0 Å². The third kappa shape index (κ3) is 5.60. The summed E-state index contributed by atoms with van der Waals surface area (Å²) in [4.78, 5) is 2.36. The average Bonchev–Trinajstić information content (AvgIpc) is 3.84. The quantitative estimate of drug-likeness (QED) is 0.163. The molecule has 2 aromatic heterocycles. The summed E-state index contributed by atoms with van der Waals surface area (Å²) in [6.07, 6.45) is 0. The van der Waals surface area contributed by atoms with Crippen molar-refractivity contribution in [3.63, 3.8) is 0 Å². The second kappa shape index (κ2) is 13.6. The van der Waals surface area contributed by atoms with Crippen LogP contribution in [0, 0.1) is 0 Å². The minimum Gasteiger partial charge on any atom is -0.454 e. The Morgan fingerprint density at radius 3 is 1.35 bits per heavy atom. The molecule has 0 aliphatic rings. The molecule has 0 saturated carbocycles. The van der Waals surface area contributed by atoms with Gasteiger partial charge in [-0.3, -0.25) is 0 Å². The molecule has 0 radical (unpaired) electrons. The molecular formula is C54H36N2O. The van der Waals surface area contributed by atoms with E-state index in [2.05, 4.69) is 228 Å². The molecule has 9 aromatic carbocycles. The van der Waals surface area contributed by atoms with Gasteiger partial charge in [-0.05, 0) is 88.0 Å². The molecule has 3 nitrogen and oxygen atoms in total. The number of anilines is 3. The SMILES string of the molecule is c1ccc(-c2ccc(N(c3ccc(-c4ccccc4)cc3)c3cc4c5ccccc5n(-c5ccc(-c6ccccc6)cc5)c4c4c3oc3ccccc34)cc2)cc1. The van der Waals surface area contributed by atoms with Crippen molar-refractivity contribution in [1.82, 2.24) is 4.57 Å². The Hall–Kier alpha value is -7.62. The van der Waals surface area contributed by atoms with E-state index in [-0.39, 0.29) is 0 Å². The van der Waals surface area contributed by atoms with E-state index < -0.39 is 0 Å². The van der Waals surface area contributed by atoms with Gasteiger partial charge in [-0.1, -0.05) is 164 Å². The summed E-state index contributed by atoms with van der Waals surface area (Å²) in [6.45, 7) is 0. The summed E-state index contributed by atoms with van der Waals surface area (Å²) >= 11 is 0. The number of hydrogen-bond acceptors (Lipinski definition) is 2. The Bertz CT molecular complexity index is 3100. The fraction of sp³-hybridized carbons (Fsp3) is 0. The second-order valence-electron chi connectivity index (χ2n) is 14.5. The normalized spacial score (nSPS) is 11.5. The smallest absolute Gasteiger partial charge is 0.161 e. The number of para-hydroxylation sites is 2. The van der Waals surface area contributed by atoms with Crippen LogP contribution in [0.15, 0.2) is 223 Å². The largest absolute Gasteiger partial charge is 0.454 e. The molecule has 0 aliphatic carbocycles. The highest BCUT2D eigenvalue weighted by Crippen LogP contribution is 2.48. The summed E-state index contributed by atoms with van der Waals surface area (Å²) in [5, 5.41) is 4.53. The number of nitrogens with zero attached hydrogens (tertiary/aromatic N) is 2.